The Balaban J connectivity index is 3.46. The third-order valence-electron chi connectivity index (χ3n) is 14.1. The number of rotatable bonds is 56. The predicted molar refractivity (Wildman–Crippen MR) is 287 cm³/mol. The topological polar surface area (TPSA) is 95.9 Å². The second-order valence-electron chi connectivity index (χ2n) is 20.7. The molecule has 3 N–H and O–H groups in total. The normalized spacial score (nSPS) is 12.6. The van der Waals surface area contributed by atoms with Crippen LogP contribution in [0, 0.1) is 0 Å². The van der Waals surface area contributed by atoms with Crippen LogP contribution in [0.3, 0.4) is 0 Å². The number of hydrogen-bond donors (Lipinski definition) is 3. The van der Waals surface area contributed by atoms with E-state index in [9.17, 15) is 19.8 Å². The first-order valence-electron chi connectivity index (χ1n) is 30.0. The lowest BCUT2D eigenvalue weighted by Gasteiger charge is -2.20. The first-order valence-corrected chi connectivity index (χ1v) is 30.0. The molecular weight excluding hydrogens is 815 g/mol. The monoisotopic (exact) mass is 932 g/mol. The summed E-state index contributed by atoms with van der Waals surface area (Å²) >= 11 is 0. The molecule has 66 heavy (non-hydrogen) atoms. The Morgan fingerprint density at radius 2 is 0.697 bits per heavy atom. The minimum absolute atomic E-state index is 0.00109. The van der Waals surface area contributed by atoms with E-state index < -0.39 is 12.1 Å². The summed E-state index contributed by atoms with van der Waals surface area (Å²) in [4.78, 5) is 24.5. The lowest BCUT2D eigenvalue weighted by atomic mass is 10.0. The fourth-order valence-corrected chi connectivity index (χ4v) is 9.46. The number of ether oxygens (including phenoxy) is 1. The number of carbonyl (C=O) groups excluding carboxylic acids is 2. The van der Waals surface area contributed by atoms with Gasteiger partial charge in [0.2, 0.25) is 5.91 Å². The highest BCUT2D eigenvalue weighted by Gasteiger charge is 2.18. The van der Waals surface area contributed by atoms with E-state index in [4.69, 9.17) is 4.74 Å². The highest BCUT2D eigenvalue weighted by atomic mass is 16.5. The molecule has 1 amide bonds. The summed E-state index contributed by atoms with van der Waals surface area (Å²) in [5.74, 6) is -0.0716. The summed E-state index contributed by atoms with van der Waals surface area (Å²) in [6.07, 6.45) is 66.6. The summed E-state index contributed by atoms with van der Waals surface area (Å²) < 4.78 is 5.46. The summed E-state index contributed by atoms with van der Waals surface area (Å²) in [5.41, 5.74) is 0. The molecule has 0 aromatic carbocycles. The van der Waals surface area contributed by atoms with Crippen molar-refractivity contribution < 1.29 is 24.5 Å². The SMILES string of the molecule is CCCCCCCCCCCCCCCCCCCCCC/C=C/C(O)C(CO)NC(=O)CCCCCCCCCCCCCCCCCOC(=O)CCCCCCCCCCCCCC. The molecule has 0 saturated carbocycles. The minimum Gasteiger partial charge on any atom is -0.466 e. The summed E-state index contributed by atoms with van der Waals surface area (Å²) in [5, 5.41) is 23.2. The van der Waals surface area contributed by atoms with Crippen molar-refractivity contribution in [2.45, 2.75) is 347 Å². The van der Waals surface area contributed by atoms with Gasteiger partial charge in [-0.15, -0.1) is 0 Å². The first kappa shape index (κ1) is 64.6. The molecule has 0 saturated heterocycles. The minimum atomic E-state index is -0.850. The number of aliphatic hydroxyl groups is 2. The van der Waals surface area contributed by atoms with Crippen LogP contribution in [0.25, 0.3) is 0 Å². The van der Waals surface area contributed by atoms with Gasteiger partial charge in [-0.25, -0.2) is 0 Å². The summed E-state index contributed by atoms with van der Waals surface area (Å²) in [6.45, 7) is 4.91. The van der Waals surface area contributed by atoms with Gasteiger partial charge in [0, 0.05) is 12.8 Å². The van der Waals surface area contributed by atoms with Gasteiger partial charge in [0.25, 0.3) is 0 Å². The summed E-state index contributed by atoms with van der Waals surface area (Å²) in [7, 11) is 0. The third-order valence-corrected chi connectivity index (χ3v) is 14.1. The molecule has 0 radical (unpaired) electrons. The molecular formula is C60H117NO5. The van der Waals surface area contributed by atoms with Crippen molar-refractivity contribution in [3.05, 3.63) is 12.2 Å². The second-order valence-corrected chi connectivity index (χ2v) is 20.7. The van der Waals surface area contributed by atoms with E-state index in [0.717, 1.165) is 44.9 Å². The Morgan fingerprint density at radius 3 is 1.03 bits per heavy atom. The maximum atomic E-state index is 12.5. The number of amides is 1. The zero-order valence-corrected chi connectivity index (χ0v) is 44.7. The van der Waals surface area contributed by atoms with Crippen molar-refractivity contribution in [3.8, 4) is 0 Å². The first-order chi connectivity index (χ1) is 32.5. The Labute approximate surface area is 412 Å². The number of esters is 1. The van der Waals surface area contributed by atoms with Crippen LogP contribution in [-0.2, 0) is 14.3 Å². The van der Waals surface area contributed by atoms with Gasteiger partial charge in [0.05, 0.1) is 25.4 Å². The quantitative estimate of drug-likeness (QED) is 0.0321. The van der Waals surface area contributed by atoms with Gasteiger partial charge < -0.3 is 20.3 Å². The van der Waals surface area contributed by atoms with E-state index >= 15 is 0 Å². The van der Waals surface area contributed by atoms with Gasteiger partial charge in [0.15, 0.2) is 0 Å². The van der Waals surface area contributed by atoms with E-state index in [1.54, 1.807) is 6.08 Å². The molecule has 2 unspecified atom stereocenters. The van der Waals surface area contributed by atoms with E-state index in [0.29, 0.717) is 19.4 Å². The van der Waals surface area contributed by atoms with Crippen molar-refractivity contribution in [2.24, 2.45) is 0 Å². The van der Waals surface area contributed by atoms with Crippen LogP contribution in [0.5, 0.6) is 0 Å². The number of aliphatic hydroxyl groups excluding tert-OH is 2. The van der Waals surface area contributed by atoms with Gasteiger partial charge >= 0.3 is 5.97 Å². The fourth-order valence-electron chi connectivity index (χ4n) is 9.46. The maximum Gasteiger partial charge on any atom is 0.305 e. The molecule has 0 bridgehead atoms. The molecule has 0 aromatic heterocycles. The lowest BCUT2D eigenvalue weighted by molar-refractivity contribution is -0.143. The van der Waals surface area contributed by atoms with Crippen molar-refractivity contribution in [3.63, 3.8) is 0 Å². The standard InChI is InChI=1S/C60H117NO5/c1-3-5-7-9-11-13-15-17-18-19-20-21-22-23-24-26-29-32-36-40-44-48-52-58(63)57(56-62)61-59(64)53-49-45-41-37-33-30-27-25-28-31-35-39-43-47-51-55-66-60(65)54-50-46-42-38-34-16-14-12-10-8-6-4-2/h48,52,57-58,62-63H,3-47,49-51,53-56H2,1-2H3,(H,61,64)/b52-48+. The molecule has 0 aromatic rings. The van der Waals surface area contributed by atoms with Crippen molar-refractivity contribution in [1.82, 2.24) is 5.32 Å². The van der Waals surface area contributed by atoms with Gasteiger partial charge in [-0.1, -0.05) is 302 Å². The molecule has 0 fully saturated rings. The highest BCUT2D eigenvalue weighted by Crippen LogP contribution is 2.18. The lowest BCUT2D eigenvalue weighted by Crippen LogP contribution is -2.45. The third kappa shape index (κ3) is 52.0. The molecule has 0 aliphatic heterocycles. The average Bonchev–Trinajstić information content (AvgIpc) is 3.32. The van der Waals surface area contributed by atoms with Gasteiger partial charge in [-0.2, -0.15) is 0 Å². The number of hydrogen-bond acceptors (Lipinski definition) is 5. The van der Waals surface area contributed by atoms with Gasteiger partial charge in [-0.3, -0.25) is 9.59 Å². The van der Waals surface area contributed by atoms with Crippen LogP contribution in [0.2, 0.25) is 0 Å². The fraction of sp³-hybridized carbons (Fsp3) is 0.933. The molecule has 0 aliphatic rings. The van der Waals surface area contributed by atoms with E-state index in [-0.39, 0.29) is 18.5 Å². The number of allylic oxidation sites excluding steroid dienone is 1. The molecule has 0 aliphatic carbocycles. The number of carbonyl (C=O) groups is 2. The molecule has 6 nitrogen and oxygen atoms in total. The van der Waals surface area contributed by atoms with Crippen LogP contribution in [0.4, 0.5) is 0 Å². The maximum absolute atomic E-state index is 12.5. The number of nitrogens with one attached hydrogen (secondary N) is 1. The van der Waals surface area contributed by atoms with Crippen LogP contribution in [0.15, 0.2) is 12.2 Å². The van der Waals surface area contributed by atoms with Crippen molar-refractivity contribution in [2.75, 3.05) is 13.2 Å². The van der Waals surface area contributed by atoms with E-state index in [1.807, 2.05) is 6.08 Å². The van der Waals surface area contributed by atoms with E-state index in [2.05, 4.69) is 19.2 Å². The highest BCUT2D eigenvalue weighted by molar-refractivity contribution is 5.76. The Bertz CT molecular complexity index is 986. The van der Waals surface area contributed by atoms with Crippen LogP contribution >= 0.6 is 0 Å². The Hall–Kier alpha value is -1.40. The predicted octanol–water partition coefficient (Wildman–Crippen LogP) is 18.5. The van der Waals surface area contributed by atoms with E-state index in [1.165, 1.54) is 263 Å². The van der Waals surface area contributed by atoms with Crippen LogP contribution in [-0.4, -0.2) is 47.4 Å². The molecule has 0 rings (SSSR count). The van der Waals surface area contributed by atoms with Crippen molar-refractivity contribution >= 4 is 11.9 Å². The van der Waals surface area contributed by atoms with Crippen molar-refractivity contribution in [1.29, 1.82) is 0 Å². The van der Waals surface area contributed by atoms with Crippen LogP contribution < -0.4 is 5.32 Å². The molecule has 0 spiro atoms. The van der Waals surface area contributed by atoms with Gasteiger partial charge in [0.1, 0.15) is 0 Å². The summed E-state index contributed by atoms with van der Waals surface area (Å²) in [6, 6.07) is -0.634. The molecule has 392 valence electrons. The second kappa shape index (κ2) is 56.2. The van der Waals surface area contributed by atoms with Gasteiger partial charge in [-0.05, 0) is 32.1 Å². The molecule has 0 heterocycles. The Kier molecular flexibility index (Phi) is 55.0. The average molecular weight is 933 g/mol. The molecule has 6 heteroatoms. The zero-order valence-electron chi connectivity index (χ0n) is 44.7. The Morgan fingerprint density at radius 1 is 0.409 bits per heavy atom. The number of unbranched alkanes of at least 4 members (excludes halogenated alkanes) is 45. The largest absolute Gasteiger partial charge is 0.466 e. The smallest absolute Gasteiger partial charge is 0.305 e. The van der Waals surface area contributed by atoms with Crippen LogP contribution in [0.1, 0.15) is 335 Å². The zero-order chi connectivity index (χ0) is 47.9. The molecule has 2 atom stereocenters.